The zero-order valence-corrected chi connectivity index (χ0v) is 22.1. The van der Waals surface area contributed by atoms with E-state index >= 15 is 0 Å². The Morgan fingerprint density at radius 2 is 1.27 bits per heavy atom. The number of fused-ring (bicyclic) bond motifs is 7. The fraction of sp³-hybridized carbons (Fsp3) is 0.121. The van der Waals surface area contributed by atoms with Crippen LogP contribution in [0.2, 0.25) is 0 Å². The van der Waals surface area contributed by atoms with Gasteiger partial charge in [-0.25, -0.2) is 4.90 Å². The average molecular weight is 542 g/mol. The highest BCUT2D eigenvalue weighted by molar-refractivity contribution is 7.99. The predicted octanol–water partition coefficient (Wildman–Crippen LogP) is 6.03. The minimum Gasteiger partial charge on any atom is -0.357 e. The SMILES string of the molecule is O=C1C2C(C(=O)N1c1ccccc1)C1c3ccccc3C=CN1C2C(=O)N1c2ccccc2Sc2ccccc21. The average Bonchev–Trinajstić information content (AvgIpc) is 3.48. The van der Waals surface area contributed by atoms with Gasteiger partial charge in [0.15, 0.2) is 0 Å². The Morgan fingerprint density at radius 3 is 2.00 bits per heavy atom. The monoisotopic (exact) mass is 541 g/mol. The minimum absolute atomic E-state index is 0.210. The van der Waals surface area contributed by atoms with Crippen molar-refractivity contribution in [2.75, 3.05) is 9.80 Å². The summed E-state index contributed by atoms with van der Waals surface area (Å²) in [4.78, 5) is 50.2. The van der Waals surface area contributed by atoms with E-state index in [1.165, 1.54) is 4.90 Å². The molecule has 0 aliphatic carbocycles. The predicted molar refractivity (Wildman–Crippen MR) is 154 cm³/mol. The van der Waals surface area contributed by atoms with Crippen LogP contribution in [0.15, 0.2) is 119 Å². The number of para-hydroxylation sites is 3. The quantitative estimate of drug-likeness (QED) is 0.290. The number of anilines is 3. The van der Waals surface area contributed by atoms with Gasteiger partial charge in [0.05, 0.1) is 34.9 Å². The van der Waals surface area contributed by atoms with Crippen LogP contribution in [0, 0.1) is 11.8 Å². The molecule has 0 aromatic heterocycles. The molecule has 2 saturated heterocycles. The van der Waals surface area contributed by atoms with Gasteiger partial charge in [-0.05, 0) is 53.6 Å². The van der Waals surface area contributed by atoms with Crippen LogP contribution in [-0.4, -0.2) is 28.7 Å². The lowest BCUT2D eigenvalue weighted by atomic mass is 9.84. The number of hydrogen-bond donors (Lipinski definition) is 0. The number of carbonyl (C=O) groups is 3. The summed E-state index contributed by atoms with van der Waals surface area (Å²) >= 11 is 1.63. The third kappa shape index (κ3) is 3.15. The smallest absolute Gasteiger partial charge is 0.255 e. The van der Waals surface area contributed by atoms with E-state index in [1.807, 2.05) is 108 Å². The van der Waals surface area contributed by atoms with Crippen LogP contribution >= 0.6 is 11.8 Å². The van der Waals surface area contributed by atoms with Crippen molar-refractivity contribution < 1.29 is 14.4 Å². The summed E-state index contributed by atoms with van der Waals surface area (Å²) in [6.45, 7) is 0. The van der Waals surface area contributed by atoms with E-state index in [-0.39, 0.29) is 17.7 Å². The van der Waals surface area contributed by atoms with Crippen molar-refractivity contribution in [1.82, 2.24) is 4.90 Å². The van der Waals surface area contributed by atoms with E-state index in [1.54, 1.807) is 28.8 Å². The van der Waals surface area contributed by atoms with Gasteiger partial charge in [0.2, 0.25) is 11.8 Å². The second kappa shape index (κ2) is 8.69. The summed E-state index contributed by atoms with van der Waals surface area (Å²) < 4.78 is 0. The van der Waals surface area contributed by atoms with Crippen molar-refractivity contribution in [1.29, 1.82) is 0 Å². The summed E-state index contributed by atoms with van der Waals surface area (Å²) in [5, 5.41) is 0. The molecule has 194 valence electrons. The molecule has 7 heteroatoms. The summed E-state index contributed by atoms with van der Waals surface area (Å²) in [7, 11) is 0. The number of carbonyl (C=O) groups excluding carboxylic acids is 3. The molecule has 4 aliphatic rings. The molecule has 4 aromatic carbocycles. The van der Waals surface area contributed by atoms with Crippen LogP contribution < -0.4 is 9.80 Å². The second-order valence-corrected chi connectivity index (χ2v) is 11.5. The molecule has 0 spiro atoms. The van der Waals surface area contributed by atoms with Gasteiger partial charge in [0.25, 0.3) is 5.91 Å². The van der Waals surface area contributed by atoms with Gasteiger partial charge in [-0.15, -0.1) is 0 Å². The summed E-state index contributed by atoms with van der Waals surface area (Å²) in [6, 6.07) is 31.4. The number of rotatable bonds is 2. The Hall–Kier alpha value is -4.62. The van der Waals surface area contributed by atoms with Gasteiger partial charge in [0, 0.05) is 16.0 Å². The van der Waals surface area contributed by atoms with Gasteiger partial charge in [-0.1, -0.05) is 78.5 Å². The molecule has 4 heterocycles. The first kappa shape index (κ1) is 23.3. The first-order valence-corrected chi connectivity index (χ1v) is 14.1. The molecular weight excluding hydrogens is 518 g/mol. The first-order chi connectivity index (χ1) is 19.6. The highest BCUT2D eigenvalue weighted by Gasteiger charge is 2.65. The molecule has 4 aliphatic heterocycles. The number of hydrogen-bond acceptors (Lipinski definition) is 5. The molecular formula is C33H23N3O3S. The zero-order valence-electron chi connectivity index (χ0n) is 21.3. The molecule has 2 fully saturated rings. The fourth-order valence-electron chi connectivity index (χ4n) is 6.75. The molecule has 3 amide bonds. The van der Waals surface area contributed by atoms with Crippen LogP contribution in [0.5, 0.6) is 0 Å². The van der Waals surface area contributed by atoms with Crippen LogP contribution in [-0.2, 0) is 14.4 Å². The number of imide groups is 1. The summed E-state index contributed by atoms with van der Waals surface area (Å²) in [5.74, 6) is -2.30. The Kier molecular flexibility index (Phi) is 5.06. The van der Waals surface area contributed by atoms with E-state index < -0.39 is 23.9 Å². The molecule has 40 heavy (non-hydrogen) atoms. The molecule has 0 saturated carbocycles. The Bertz CT molecular complexity index is 1710. The molecule has 0 N–H and O–H groups in total. The zero-order chi connectivity index (χ0) is 27.0. The molecule has 8 rings (SSSR count). The van der Waals surface area contributed by atoms with Crippen LogP contribution in [0.25, 0.3) is 6.08 Å². The lowest BCUT2D eigenvalue weighted by Crippen LogP contribution is -2.49. The van der Waals surface area contributed by atoms with E-state index in [9.17, 15) is 14.4 Å². The molecule has 0 bridgehead atoms. The van der Waals surface area contributed by atoms with Crippen molar-refractivity contribution in [3.8, 4) is 0 Å². The van der Waals surface area contributed by atoms with E-state index in [0.717, 1.165) is 32.3 Å². The molecule has 4 atom stereocenters. The van der Waals surface area contributed by atoms with Crippen LogP contribution in [0.1, 0.15) is 17.2 Å². The third-order valence-electron chi connectivity index (χ3n) is 8.38. The minimum atomic E-state index is -0.853. The number of benzene rings is 4. The van der Waals surface area contributed by atoms with Crippen molar-refractivity contribution >= 4 is 52.6 Å². The lowest BCUT2D eigenvalue weighted by molar-refractivity contribution is -0.129. The maximum atomic E-state index is 14.9. The maximum Gasteiger partial charge on any atom is 0.255 e. The normalized spacial score (nSPS) is 23.9. The summed E-state index contributed by atoms with van der Waals surface area (Å²) in [6.07, 6.45) is 3.88. The van der Waals surface area contributed by atoms with Gasteiger partial charge < -0.3 is 4.90 Å². The van der Waals surface area contributed by atoms with Crippen molar-refractivity contribution in [3.63, 3.8) is 0 Å². The largest absolute Gasteiger partial charge is 0.357 e. The van der Waals surface area contributed by atoms with E-state index in [4.69, 9.17) is 0 Å². The van der Waals surface area contributed by atoms with Gasteiger partial charge in [-0.2, -0.15) is 0 Å². The fourth-order valence-corrected chi connectivity index (χ4v) is 7.80. The van der Waals surface area contributed by atoms with E-state index in [0.29, 0.717) is 5.69 Å². The maximum absolute atomic E-state index is 14.9. The molecule has 4 aromatic rings. The summed E-state index contributed by atoms with van der Waals surface area (Å²) in [5.41, 5.74) is 4.07. The van der Waals surface area contributed by atoms with Crippen molar-refractivity contribution in [2.45, 2.75) is 21.9 Å². The second-order valence-electron chi connectivity index (χ2n) is 10.4. The lowest BCUT2D eigenvalue weighted by Gasteiger charge is -2.38. The Labute approximate surface area is 235 Å². The van der Waals surface area contributed by atoms with E-state index in [2.05, 4.69) is 0 Å². The van der Waals surface area contributed by atoms with Crippen molar-refractivity contribution in [3.05, 3.63) is 120 Å². The Morgan fingerprint density at radius 1 is 0.675 bits per heavy atom. The topological polar surface area (TPSA) is 60.9 Å². The Balaban J connectivity index is 1.31. The van der Waals surface area contributed by atoms with Gasteiger partial charge in [-0.3, -0.25) is 19.3 Å². The number of nitrogens with zero attached hydrogens (tertiary/aromatic N) is 3. The van der Waals surface area contributed by atoms with Crippen LogP contribution in [0.3, 0.4) is 0 Å². The highest BCUT2D eigenvalue weighted by atomic mass is 32.2. The number of amides is 3. The van der Waals surface area contributed by atoms with Gasteiger partial charge in [0.1, 0.15) is 6.04 Å². The molecule has 4 unspecified atom stereocenters. The molecule has 0 radical (unpaired) electrons. The van der Waals surface area contributed by atoms with Crippen LogP contribution in [0.4, 0.5) is 17.1 Å². The van der Waals surface area contributed by atoms with Gasteiger partial charge >= 0.3 is 0 Å². The third-order valence-corrected chi connectivity index (χ3v) is 9.51. The van der Waals surface area contributed by atoms with Crippen molar-refractivity contribution in [2.24, 2.45) is 11.8 Å². The molecule has 6 nitrogen and oxygen atoms in total. The first-order valence-electron chi connectivity index (χ1n) is 13.3. The highest BCUT2D eigenvalue weighted by Crippen LogP contribution is 2.55. The standard InChI is InChI=1S/C33H23N3O3S/c37-31-27-28(32(38)35(31)21-11-2-1-3-12-21)30(34-19-18-20-10-4-5-13-22(20)29(27)34)33(39)36-23-14-6-8-16-25(23)40-26-17-9-7-15-24(26)36/h1-19,27-30H.